The van der Waals surface area contributed by atoms with Gasteiger partial charge >= 0.3 is 0 Å². The van der Waals surface area contributed by atoms with E-state index in [9.17, 15) is 22.3 Å². The summed E-state index contributed by atoms with van der Waals surface area (Å²) in [5.41, 5.74) is 0.227. The SMILES string of the molecule is COc1ccc(S(=O)(=O)c2ccc(-c3cc(F)ccc3O)cc2F)cc1. The number of phenols is 1. The van der Waals surface area contributed by atoms with Gasteiger partial charge in [0.1, 0.15) is 28.0 Å². The van der Waals surface area contributed by atoms with Crippen LogP contribution >= 0.6 is 0 Å². The number of hydrogen-bond donors (Lipinski definition) is 1. The van der Waals surface area contributed by atoms with E-state index in [2.05, 4.69) is 0 Å². The molecule has 0 heterocycles. The molecule has 134 valence electrons. The van der Waals surface area contributed by atoms with E-state index in [4.69, 9.17) is 4.74 Å². The summed E-state index contributed by atoms with van der Waals surface area (Å²) in [5, 5.41) is 9.82. The lowest BCUT2D eigenvalue weighted by Gasteiger charge is -2.10. The van der Waals surface area contributed by atoms with Gasteiger partial charge in [0, 0.05) is 5.56 Å². The van der Waals surface area contributed by atoms with Gasteiger partial charge in [-0.2, -0.15) is 0 Å². The van der Waals surface area contributed by atoms with Gasteiger partial charge in [0.25, 0.3) is 0 Å². The van der Waals surface area contributed by atoms with E-state index in [1.807, 2.05) is 0 Å². The van der Waals surface area contributed by atoms with Crippen molar-refractivity contribution in [2.24, 2.45) is 0 Å². The molecule has 7 heteroatoms. The van der Waals surface area contributed by atoms with E-state index >= 15 is 0 Å². The Morgan fingerprint density at radius 2 is 1.62 bits per heavy atom. The summed E-state index contributed by atoms with van der Waals surface area (Å²) in [4.78, 5) is -0.596. The van der Waals surface area contributed by atoms with E-state index < -0.39 is 26.4 Å². The molecular formula is C19H14F2O4S. The summed E-state index contributed by atoms with van der Waals surface area (Å²) in [7, 11) is -2.63. The van der Waals surface area contributed by atoms with Gasteiger partial charge in [-0.3, -0.25) is 0 Å². The van der Waals surface area contributed by atoms with Gasteiger partial charge in [0.2, 0.25) is 9.84 Å². The Morgan fingerprint density at radius 3 is 2.23 bits per heavy atom. The van der Waals surface area contributed by atoms with Crippen molar-refractivity contribution in [3.8, 4) is 22.6 Å². The first kappa shape index (κ1) is 17.9. The average Bonchev–Trinajstić information content (AvgIpc) is 2.63. The zero-order valence-electron chi connectivity index (χ0n) is 13.6. The van der Waals surface area contributed by atoms with Crippen molar-refractivity contribution < 1.29 is 27.0 Å². The molecule has 0 aliphatic carbocycles. The highest BCUT2D eigenvalue weighted by molar-refractivity contribution is 7.91. The molecule has 0 aliphatic rings. The molecular weight excluding hydrogens is 362 g/mol. The lowest BCUT2D eigenvalue weighted by molar-refractivity contribution is 0.414. The molecule has 0 atom stereocenters. The minimum atomic E-state index is -4.08. The Labute approximate surface area is 149 Å². The fraction of sp³-hybridized carbons (Fsp3) is 0.0526. The van der Waals surface area contributed by atoms with Crippen molar-refractivity contribution in [1.82, 2.24) is 0 Å². The number of benzene rings is 3. The van der Waals surface area contributed by atoms with E-state index in [-0.39, 0.29) is 21.8 Å². The maximum atomic E-state index is 14.5. The second-order valence-corrected chi connectivity index (χ2v) is 7.40. The first-order chi connectivity index (χ1) is 12.3. The molecule has 26 heavy (non-hydrogen) atoms. The number of aromatic hydroxyl groups is 1. The van der Waals surface area contributed by atoms with Crippen LogP contribution in [0.1, 0.15) is 0 Å². The maximum absolute atomic E-state index is 14.5. The Kier molecular flexibility index (Phi) is 4.65. The molecule has 0 aliphatic heterocycles. The van der Waals surface area contributed by atoms with Crippen molar-refractivity contribution in [2.45, 2.75) is 9.79 Å². The summed E-state index contributed by atoms with van der Waals surface area (Å²) in [6.07, 6.45) is 0. The molecule has 0 saturated carbocycles. The first-order valence-electron chi connectivity index (χ1n) is 7.50. The maximum Gasteiger partial charge on any atom is 0.209 e. The van der Waals surface area contributed by atoms with E-state index in [0.717, 1.165) is 30.3 Å². The second-order valence-electron chi connectivity index (χ2n) is 5.49. The number of halogens is 2. The van der Waals surface area contributed by atoms with Crippen LogP contribution in [-0.2, 0) is 9.84 Å². The molecule has 4 nitrogen and oxygen atoms in total. The molecule has 0 radical (unpaired) electrons. The predicted molar refractivity (Wildman–Crippen MR) is 91.9 cm³/mol. The summed E-state index contributed by atoms with van der Waals surface area (Å²) in [6, 6.07) is 12.2. The van der Waals surface area contributed by atoms with Crippen molar-refractivity contribution in [3.05, 3.63) is 72.3 Å². The predicted octanol–water partition coefficient (Wildman–Crippen LogP) is 4.18. The number of sulfone groups is 1. The molecule has 3 aromatic carbocycles. The molecule has 1 N–H and O–H groups in total. The van der Waals surface area contributed by atoms with Crippen LogP contribution in [-0.4, -0.2) is 20.6 Å². The van der Waals surface area contributed by atoms with E-state index in [1.54, 1.807) is 0 Å². The third-order valence-corrected chi connectivity index (χ3v) is 5.66. The molecule has 3 aromatic rings. The zero-order valence-corrected chi connectivity index (χ0v) is 14.4. The minimum absolute atomic E-state index is 0.0669. The van der Waals surface area contributed by atoms with Crippen molar-refractivity contribution in [2.75, 3.05) is 7.11 Å². The highest BCUT2D eigenvalue weighted by Crippen LogP contribution is 2.33. The first-order valence-corrected chi connectivity index (χ1v) is 8.99. The number of ether oxygens (including phenoxy) is 1. The van der Waals surface area contributed by atoms with Gasteiger partial charge in [-0.15, -0.1) is 0 Å². The highest BCUT2D eigenvalue weighted by atomic mass is 32.2. The van der Waals surface area contributed by atoms with Gasteiger partial charge in [0.15, 0.2) is 0 Å². The van der Waals surface area contributed by atoms with Crippen LogP contribution in [0.4, 0.5) is 8.78 Å². The van der Waals surface area contributed by atoms with Crippen molar-refractivity contribution in [1.29, 1.82) is 0 Å². The number of phenolic OH excluding ortho intramolecular Hbond substituents is 1. The summed E-state index contributed by atoms with van der Waals surface area (Å²) < 4.78 is 58.1. The largest absolute Gasteiger partial charge is 0.507 e. The fourth-order valence-corrected chi connectivity index (χ4v) is 3.82. The molecule has 0 fully saturated rings. The minimum Gasteiger partial charge on any atom is -0.507 e. The van der Waals surface area contributed by atoms with E-state index in [0.29, 0.717) is 5.75 Å². The molecule has 3 rings (SSSR count). The number of methoxy groups -OCH3 is 1. The Hall–Kier alpha value is -2.93. The summed E-state index contributed by atoms with van der Waals surface area (Å²) in [6.45, 7) is 0. The third-order valence-electron chi connectivity index (χ3n) is 3.86. The Balaban J connectivity index is 2.05. The molecule has 0 amide bonds. The summed E-state index contributed by atoms with van der Waals surface area (Å²) >= 11 is 0. The van der Waals surface area contributed by atoms with Crippen LogP contribution in [0.25, 0.3) is 11.1 Å². The van der Waals surface area contributed by atoms with Gasteiger partial charge in [-0.25, -0.2) is 17.2 Å². The van der Waals surface area contributed by atoms with Crippen LogP contribution in [0.2, 0.25) is 0 Å². The lowest BCUT2D eigenvalue weighted by Crippen LogP contribution is -2.05. The van der Waals surface area contributed by atoms with Gasteiger partial charge in [0.05, 0.1) is 12.0 Å². The van der Waals surface area contributed by atoms with Gasteiger partial charge in [-0.1, -0.05) is 6.07 Å². The summed E-state index contributed by atoms with van der Waals surface area (Å²) in [5.74, 6) is -1.37. The van der Waals surface area contributed by atoms with Crippen LogP contribution in [0, 0.1) is 11.6 Å². The van der Waals surface area contributed by atoms with Crippen LogP contribution in [0.15, 0.2) is 70.5 Å². The standard InChI is InChI=1S/C19H14F2O4S/c1-25-14-4-6-15(7-5-14)26(23,24)19-9-2-12(10-17(19)21)16-11-13(20)3-8-18(16)22/h2-11,22H,1H3. The Bertz CT molecular complexity index is 1060. The Morgan fingerprint density at radius 1 is 0.923 bits per heavy atom. The van der Waals surface area contributed by atoms with Crippen molar-refractivity contribution >= 4 is 9.84 Å². The quantitative estimate of drug-likeness (QED) is 0.742. The molecule has 0 unspecified atom stereocenters. The zero-order chi connectivity index (χ0) is 18.9. The highest BCUT2D eigenvalue weighted by Gasteiger charge is 2.22. The van der Waals surface area contributed by atoms with Crippen LogP contribution in [0.3, 0.4) is 0 Å². The van der Waals surface area contributed by atoms with Gasteiger partial charge < -0.3 is 9.84 Å². The third kappa shape index (κ3) is 3.25. The van der Waals surface area contributed by atoms with Crippen molar-refractivity contribution in [3.63, 3.8) is 0 Å². The fourth-order valence-electron chi connectivity index (χ4n) is 2.51. The average molecular weight is 376 g/mol. The van der Waals surface area contributed by atoms with Crippen LogP contribution < -0.4 is 4.74 Å². The van der Waals surface area contributed by atoms with E-state index in [1.165, 1.54) is 37.4 Å². The van der Waals surface area contributed by atoms with Crippen LogP contribution in [0.5, 0.6) is 11.5 Å². The number of hydrogen-bond acceptors (Lipinski definition) is 4. The molecule has 0 spiro atoms. The smallest absolute Gasteiger partial charge is 0.209 e. The second kappa shape index (κ2) is 6.76. The normalized spacial score (nSPS) is 11.3. The topological polar surface area (TPSA) is 63.6 Å². The molecule has 0 aromatic heterocycles. The number of rotatable bonds is 4. The molecule has 0 saturated heterocycles. The molecule has 0 bridgehead atoms. The monoisotopic (exact) mass is 376 g/mol. The van der Waals surface area contributed by atoms with Gasteiger partial charge in [-0.05, 0) is 60.2 Å². The lowest BCUT2D eigenvalue weighted by atomic mass is 10.0.